The minimum Gasteiger partial charge on any atom is -0.497 e. The van der Waals surface area contributed by atoms with Crippen LogP contribution in [0.15, 0.2) is 47.5 Å². The molecule has 8 nitrogen and oxygen atoms in total. The fourth-order valence-corrected chi connectivity index (χ4v) is 2.79. The normalized spacial score (nSPS) is 10.5. The number of benzene rings is 1. The third-order valence-electron chi connectivity index (χ3n) is 4.30. The summed E-state index contributed by atoms with van der Waals surface area (Å²) in [4.78, 5) is 20.1. The maximum atomic E-state index is 11.8. The van der Waals surface area contributed by atoms with Gasteiger partial charge in [0.1, 0.15) is 17.3 Å². The summed E-state index contributed by atoms with van der Waals surface area (Å²) in [7, 11) is 4.91. The standard InChI is InChI=1S/C20H22ClN5O3/c1-26-5-4-13(6-18(26)27)10-23-19-14(12-24-20(21)25-19)11-22-15-7-16(28-2)9-17(8-15)29-3/h4-9,12,22H,10-11H2,1-3H3,(H,23,24,25). The number of halogens is 1. The summed E-state index contributed by atoms with van der Waals surface area (Å²) in [6.07, 6.45) is 3.39. The van der Waals surface area contributed by atoms with E-state index >= 15 is 0 Å². The van der Waals surface area contributed by atoms with Crippen LogP contribution in [0.3, 0.4) is 0 Å². The number of hydrogen-bond acceptors (Lipinski definition) is 7. The van der Waals surface area contributed by atoms with Gasteiger partial charge in [0.25, 0.3) is 5.56 Å². The molecule has 0 unspecified atom stereocenters. The molecule has 29 heavy (non-hydrogen) atoms. The quantitative estimate of drug-likeness (QED) is 0.546. The van der Waals surface area contributed by atoms with Crippen LogP contribution >= 0.6 is 11.6 Å². The molecule has 0 radical (unpaired) electrons. The SMILES string of the molecule is COc1cc(NCc2cnc(Cl)nc2NCc2ccn(C)c(=O)c2)cc(OC)c1. The van der Waals surface area contributed by atoms with Crippen LogP contribution in [0, 0.1) is 0 Å². The van der Waals surface area contributed by atoms with Crippen LogP contribution in [-0.2, 0) is 20.1 Å². The van der Waals surface area contributed by atoms with Crippen molar-refractivity contribution < 1.29 is 9.47 Å². The molecule has 0 aliphatic carbocycles. The fraction of sp³-hybridized carbons (Fsp3) is 0.250. The number of hydrogen-bond donors (Lipinski definition) is 2. The lowest BCUT2D eigenvalue weighted by atomic mass is 10.2. The van der Waals surface area contributed by atoms with E-state index in [9.17, 15) is 4.79 Å². The Kier molecular flexibility index (Phi) is 6.56. The Morgan fingerprint density at radius 3 is 2.45 bits per heavy atom. The lowest BCUT2D eigenvalue weighted by Crippen LogP contribution is -2.16. The van der Waals surface area contributed by atoms with Crippen molar-refractivity contribution in [1.82, 2.24) is 14.5 Å². The Hall–Kier alpha value is -3.26. The van der Waals surface area contributed by atoms with Gasteiger partial charge in [0.15, 0.2) is 0 Å². The highest BCUT2D eigenvalue weighted by atomic mass is 35.5. The summed E-state index contributed by atoms with van der Waals surface area (Å²) >= 11 is 5.97. The molecule has 9 heteroatoms. The van der Waals surface area contributed by atoms with Gasteiger partial charge in [0.2, 0.25) is 5.28 Å². The molecule has 1 aromatic carbocycles. The van der Waals surface area contributed by atoms with E-state index in [-0.39, 0.29) is 10.8 Å². The molecular formula is C20H22ClN5O3. The summed E-state index contributed by atoms with van der Waals surface area (Å²) in [6.45, 7) is 0.885. The highest BCUT2D eigenvalue weighted by molar-refractivity contribution is 6.28. The lowest BCUT2D eigenvalue weighted by molar-refractivity contribution is 0.394. The first kappa shape index (κ1) is 20.5. The van der Waals surface area contributed by atoms with Gasteiger partial charge in [0.05, 0.1) is 14.2 Å². The Balaban J connectivity index is 1.74. The Labute approximate surface area is 173 Å². The average molecular weight is 416 g/mol. The van der Waals surface area contributed by atoms with Crippen molar-refractivity contribution in [2.45, 2.75) is 13.1 Å². The van der Waals surface area contributed by atoms with Gasteiger partial charge in [-0.3, -0.25) is 4.79 Å². The fourth-order valence-electron chi connectivity index (χ4n) is 2.66. The topological polar surface area (TPSA) is 90.3 Å². The Morgan fingerprint density at radius 2 is 1.79 bits per heavy atom. The van der Waals surface area contributed by atoms with Crippen LogP contribution in [0.1, 0.15) is 11.1 Å². The van der Waals surface area contributed by atoms with Crippen LogP contribution in [0.4, 0.5) is 11.5 Å². The third-order valence-corrected chi connectivity index (χ3v) is 4.48. The number of anilines is 2. The van der Waals surface area contributed by atoms with Crippen LogP contribution < -0.4 is 25.7 Å². The first-order chi connectivity index (χ1) is 14.0. The monoisotopic (exact) mass is 415 g/mol. The largest absolute Gasteiger partial charge is 0.497 e. The van der Waals surface area contributed by atoms with E-state index in [1.165, 1.54) is 4.57 Å². The van der Waals surface area contributed by atoms with E-state index in [4.69, 9.17) is 21.1 Å². The second kappa shape index (κ2) is 9.29. The molecule has 2 N–H and O–H groups in total. The molecule has 3 rings (SSSR count). The van der Waals surface area contributed by atoms with E-state index in [2.05, 4.69) is 20.6 Å². The van der Waals surface area contributed by atoms with E-state index < -0.39 is 0 Å². The zero-order valence-electron chi connectivity index (χ0n) is 16.4. The van der Waals surface area contributed by atoms with Gasteiger partial charge in [-0.2, -0.15) is 0 Å². The molecule has 0 bridgehead atoms. The number of nitrogens with one attached hydrogen (secondary N) is 2. The first-order valence-electron chi connectivity index (χ1n) is 8.86. The van der Waals surface area contributed by atoms with Crippen molar-refractivity contribution >= 4 is 23.1 Å². The van der Waals surface area contributed by atoms with Crippen molar-refractivity contribution in [3.05, 3.63) is 69.5 Å². The Morgan fingerprint density at radius 1 is 1.07 bits per heavy atom. The highest BCUT2D eigenvalue weighted by Crippen LogP contribution is 2.26. The number of methoxy groups -OCH3 is 2. The number of aryl methyl sites for hydroxylation is 1. The highest BCUT2D eigenvalue weighted by Gasteiger charge is 2.08. The van der Waals surface area contributed by atoms with Crippen molar-refractivity contribution in [2.75, 3.05) is 24.9 Å². The van der Waals surface area contributed by atoms with Gasteiger partial charge in [0, 0.05) is 68.0 Å². The molecule has 2 aromatic heterocycles. The molecule has 0 atom stereocenters. The first-order valence-corrected chi connectivity index (χ1v) is 9.24. The number of pyridine rings is 1. The van der Waals surface area contributed by atoms with Crippen molar-refractivity contribution in [1.29, 1.82) is 0 Å². The van der Waals surface area contributed by atoms with Crippen LogP contribution in [0.5, 0.6) is 11.5 Å². The van der Waals surface area contributed by atoms with Gasteiger partial charge in [-0.25, -0.2) is 9.97 Å². The molecule has 0 saturated heterocycles. The summed E-state index contributed by atoms with van der Waals surface area (Å²) in [6, 6.07) is 8.99. The number of nitrogens with zero attached hydrogens (tertiary/aromatic N) is 3. The maximum absolute atomic E-state index is 11.8. The minimum atomic E-state index is -0.0705. The molecule has 0 fully saturated rings. The third kappa shape index (κ3) is 5.39. The van der Waals surface area contributed by atoms with Gasteiger partial charge in [-0.15, -0.1) is 0 Å². The molecule has 0 aliphatic rings. The van der Waals surface area contributed by atoms with Crippen molar-refractivity contribution in [3.63, 3.8) is 0 Å². The van der Waals surface area contributed by atoms with Crippen molar-refractivity contribution in [3.8, 4) is 11.5 Å². The molecular weight excluding hydrogens is 394 g/mol. The Bertz CT molecular complexity index is 1030. The van der Waals surface area contributed by atoms with Gasteiger partial charge >= 0.3 is 0 Å². The zero-order chi connectivity index (χ0) is 20.8. The molecule has 0 spiro atoms. The smallest absolute Gasteiger partial charge is 0.250 e. The molecule has 2 heterocycles. The summed E-state index contributed by atoms with van der Waals surface area (Å²) < 4.78 is 12.1. The zero-order valence-corrected chi connectivity index (χ0v) is 17.2. The van der Waals surface area contributed by atoms with Gasteiger partial charge < -0.3 is 24.7 Å². The number of rotatable bonds is 8. The van der Waals surface area contributed by atoms with Crippen LogP contribution in [0.2, 0.25) is 5.28 Å². The van der Waals surface area contributed by atoms with E-state index in [0.717, 1.165) is 16.8 Å². The second-order valence-corrected chi connectivity index (χ2v) is 6.64. The van der Waals surface area contributed by atoms with Crippen molar-refractivity contribution in [2.24, 2.45) is 7.05 Å². The van der Waals surface area contributed by atoms with E-state index in [1.807, 2.05) is 18.2 Å². The summed E-state index contributed by atoms with van der Waals surface area (Å²) in [5, 5.41) is 6.68. The van der Waals surface area contributed by atoms with E-state index in [1.54, 1.807) is 45.8 Å². The van der Waals surface area contributed by atoms with Crippen LogP contribution in [0.25, 0.3) is 0 Å². The molecule has 0 saturated carbocycles. The molecule has 3 aromatic rings. The summed E-state index contributed by atoms with van der Waals surface area (Å²) in [5.41, 5.74) is 2.42. The number of aromatic nitrogens is 3. The van der Waals surface area contributed by atoms with Gasteiger partial charge in [-0.1, -0.05) is 0 Å². The lowest BCUT2D eigenvalue weighted by Gasteiger charge is -2.14. The van der Waals surface area contributed by atoms with Gasteiger partial charge in [-0.05, 0) is 23.2 Å². The van der Waals surface area contributed by atoms with E-state index in [0.29, 0.717) is 30.4 Å². The predicted molar refractivity (Wildman–Crippen MR) is 113 cm³/mol. The number of ether oxygens (including phenoxy) is 2. The molecule has 0 amide bonds. The predicted octanol–water partition coefficient (Wildman–Crippen LogP) is 3.07. The average Bonchev–Trinajstić information content (AvgIpc) is 2.73. The summed E-state index contributed by atoms with van der Waals surface area (Å²) in [5.74, 6) is 1.96. The van der Waals surface area contributed by atoms with Crippen LogP contribution in [-0.4, -0.2) is 28.8 Å². The minimum absolute atomic E-state index is 0.0705. The second-order valence-electron chi connectivity index (χ2n) is 6.31. The molecule has 0 aliphatic heterocycles. The molecule has 152 valence electrons. The maximum Gasteiger partial charge on any atom is 0.250 e.